The van der Waals surface area contributed by atoms with E-state index in [1.807, 2.05) is 25.1 Å². The van der Waals surface area contributed by atoms with Gasteiger partial charge in [-0.1, -0.05) is 35.3 Å². The van der Waals surface area contributed by atoms with E-state index in [-0.39, 0.29) is 36.7 Å². The number of fused-ring (bicyclic) bond motifs is 1. The van der Waals surface area contributed by atoms with Crippen LogP contribution in [0.25, 0.3) is 0 Å². The second-order valence-electron chi connectivity index (χ2n) is 8.26. The quantitative estimate of drug-likeness (QED) is 0.627. The summed E-state index contributed by atoms with van der Waals surface area (Å²) < 4.78 is 38.4. The van der Waals surface area contributed by atoms with E-state index in [0.717, 1.165) is 5.56 Å². The molecule has 0 aromatic heterocycles. The number of benzene rings is 2. The largest absolute Gasteiger partial charge is 0.486 e. The average molecular weight is 513 g/mol. The first-order valence-electron chi connectivity index (χ1n) is 10.9. The van der Waals surface area contributed by atoms with Crippen LogP contribution in [0.1, 0.15) is 36.9 Å². The lowest BCUT2D eigenvalue weighted by Gasteiger charge is -2.31. The number of sulfonamides is 1. The molecule has 1 saturated heterocycles. The fraction of sp³-hybridized carbons (Fsp3) is 0.435. The van der Waals surface area contributed by atoms with Gasteiger partial charge in [-0.15, -0.1) is 0 Å². The van der Waals surface area contributed by atoms with Crippen molar-refractivity contribution < 1.29 is 22.7 Å². The zero-order chi connectivity index (χ0) is 23.6. The van der Waals surface area contributed by atoms with Crippen molar-refractivity contribution in [1.29, 1.82) is 0 Å². The number of hydrogen-bond donors (Lipinski definition) is 1. The van der Waals surface area contributed by atoms with Crippen molar-refractivity contribution in [3.8, 4) is 11.5 Å². The number of ether oxygens (including phenoxy) is 2. The molecule has 1 N–H and O–H groups in total. The highest BCUT2D eigenvalue weighted by Crippen LogP contribution is 2.33. The van der Waals surface area contributed by atoms with Crippen LogP contribution in [0, 0.1) is 5.92 Å². The average Bonchev–Trinajstić information content (AvgIpc) is 2.81. The van der Waals surface area contributed by atoms with Crippen LogP contribution in [0.2, 0.25) is 10.0 Å². The Hall–Kier alpha value is -2.00. The van der Waals surface area contributed by atoms with E-state index < -0.39 is 10.0 Å². The molecule has 0 saturated carbocycles. The van der Waals surface area contributed by atoms with Gasteiger partial charge in [0.25, 0.3) is 0 Å². The Morgan fingerprint density at radius 1 is 1.09 bits per heavy atom. The first-order valence-corrected chi connectivity index (χ1v) is 13.2. The van der Waals surface area contributed by atoms with Gasteiger partial charge in [-0.25, -0.2) is 12.7 Å². The number of piperidine rings is 1. The van der Waals surface area contributed by atoms with Gasteiger partial charge >= 0.3 is 0 Å². The molecule has 1 fully saturated rings. The Bertz CT molecular complexity index is 1110. The summed E-state index contributed by atoms with van der Waals surface area (Å²) in [7, 11) is -3.60. The molecular formula is C23H26Cl2N2O5S. The molecule has 2 aromatic rings. The fourth-order valence-electron chi connectivity index (χ4n) is 4.08. The molecule has 2 aliphatic heterocycles. The molecule has 1 amide bonds. The lowest BCUT2D eigenvalue weighted by atomic mass is 9.96. The summed E-state index contributed by atoms with van der Waals surface area (Å²) in [6.45, 7) is 3.50. The van der Waals surface area contributed by atoms with E-state index in [9.17, 15) is 13.2 Å². The van der Waals surface area contributed by atoms with E-state index >= 15 is 0 Å². The van der Waals surface area contributed by atoms with Gasteiger partial charge in [0.15, 0.2) is 11.5 Å². The monoisotopic (exact) mass is 512 g/mol. The maximum Gasteiger partial charge on any atom is 0.223 e. The topological polar surface area (TPSA) is 84.9 Å². The summed E-state index contributed by atoms with van der Waals surface area (Å²) in [5.41, 5.74) is 1.32. The lowest BCUT2D eigenvalue weighted by Crippen LogP contribution is -2.43. The Labute approximate surface area is 204 Å². The van der Waals surface area contributed by atoms with E-state index in [1.54, 1.807) is 18.2 Å². The van der Waals surface area contributed by atoms with Crippen molar-refractivity contribution in [2.75, 3.05) is 26.3 Å². The Kier molecular flexibility index (Phi) is 7.38. The second-order valence-corrected chi connectivity index (χ2v) is 11.0. The number of carbonyl (C=O) groups is 1. The molecule has 2 heterocycles. The van der Waals surface area contributed by atoms with Gasteiger partial charge in [0.2, 0.25) is 15.9 Å². The van der Waals surface area contributed by atoms with Gasteiger partial charge in [0.1, 0.15) is 13.2 Å². The van der Waals surface area contributed by atoms with E-state index in [2.05, 4.69) is 5.32 Å². The van der Waals surface area contributed by atoms with Gasteiger partial charge in [-0.05, 0) is 49.6 Å². The smallest absolute Gasteiger partial charge is 0.223 e. The molecule has 4 rings (SSSR count). The molecule has 178 valence electrons. The van der Waals surface area contributed by atoms with Gasteiger partial charge < -0.3 is 14.8 Å². The summed E-state index contributed by atoms with van der Waals surface area (Å²) in [6.07, 6.45) is 0.907. The molecule has 1 unspecified atom stereocenters. The molecule has 1 atom stereocenters. The minimum absolute atomic E-state index is 0.0800. The summed E-state index contributed by atoms with van der Waals surface area (Å²) in [4.78, 5) is 12.8. The maximum atomic E-state index is 12.9. The zero-order valence-electron chi connectivity index (χ0n) is 18.2. The van der Waals surface area contributed by atoms with E-state index in [1.165, 1.54) is 4.31 Å². The summed E-state index contributed by atoms with van der Waals surface area (Å²) in [6, 6.07) is 10.4. The molecule has 7 nitrogen and oxygen atoms in total. The Balaban J connectivity index is 1.33. The van der Waals surface area contributed by atoms with E-state index in [0.29, 0.717) is 53.2 Å². The third-order valence-electron chi connectivity index (χ3n) is 6.03. The highest BCUT2D eigenvalue weighted by atomic mass is 35.5. The first kappa shape index (κ1) is 24.1. The van der Waals surface area contributed by atoms with Crippen LogP contribution in [0.5, 0.6) is 11.5 Å². The second kappa shape index (κ2) is 10.1. The van der Waals surface area contributed by atoms with Crippen LogP contribution in [-0.2, 0) is 20.6 Å². The zero-order valence-corrected chi connectivity index (χ0v) is 20.5. The van der Waals surface area contributed by atoms with Crippen LogP contribution in [-0.4, -0.2) is 44.9 Å². The Morgan fingerprint density at radius 3 is 2.39 bits per heavy atom. The number of nitrogens with one attached hydrogen (secondary N) is 1. The van der Waals surface area contributed by atoms with Crippen LogP contribution in [0.15, 0.2) is 36.4 Å². The highest BCUT2D eigenvalue weighted by Gasteiger charge is 2.32. The summed E-state index contributed by atoms with van der Waals surface area (Å²) in [5.74, 6) is 0.791. The summed E-state index contributed by atoms with van der Waals surface area (Å²) in [5, 5.41) is 3.70. The molecule has 0 radical (unpaired) electrons. The van der Waals surface area contributed by atoms with Crippen LogP contribution in [0.3, 0.4) is 0 Å². The van der Waals surface area contributed by atoms with Gasteiger partial charge in [0.05, 0.1) is 11.8 Å². The minimum Gasteiger partial charge on any atom is -0.486 e. The third-order valence-corrected chi connectivity index (χ3v) is 8.55. The van der Waals surface area contributed by atoms with E-state index in [4.69, 9.17) is 32.7 Å². The minimum atomic E-state index is -3.60. The number of halogens is 2. The van der Waals surface area contributed by atoms with Crippen LogP contribution in [0.4, 0.5) is 0 Å². The van der Waals surface area contributed by atoms with Crippen molar-refractivity contribution in [1.82, 2.24) is 9.62 Å². The van der Waals surface area contributed by atoms with Gasteiger partial charge in [-0.2, -0.15) is 0 Å². The normalized spacial score (nSPS) is 18.0. The van der Waals surface area contributed by atoms with Gasteiger partial charge in [-0.3, -0.25) is 4.79 Å². The predicted molar refractivity (Wildman–Crippen MR) is 127 cm³/mol. The van der Waals surface area contributed by atoms with Crippen molar-refractivity contribution in [3.63, 3.8) is 0 Å². The van der Waals surface area contributed by atoms with Gasteiger partial charge in [0, 0.05) is 34.6 Å². The SMILES string of the molecule is CC(NC(=O)C1CCN(S(=O)(=O)Cc2c(Cl)cccc2Cl)CC1)c1ccc2c(c1)OCCO2. The van der Waals surface area contributed by atoms with Crippen molar-refractivity contribution in [2.45, 2.75) is 31.6 Å². The van der Waals surface area contributed by atoms with Crippen molar-refractivity contribution in [2.24, 2.45) is 5.92 Å². The third kappa shape index (κ3) is 5.57. The maximum absolute atomic E-state index is 12.9. The molecular weight excluding hydrogens is 487 g/mol. The Morgan fingerprint density at radius 2 is 1.73 bits per heavy atom. The number of amides is 1. The lowest BCUT2D eigenvalue weighted by molar-refractivity contribution is -0.126. The van der Waals surface area contributed by atoms with Crippen molar-refractivity contribution >= 4 is 39.1 Å². The number of nitrogens with zero attached hydrogens (tertiary/aromatic N) is 1. The van der Waals surface area contributed by atoms with Crippen LogP contribution >= 0.6 is 23.2 Å². The highest BCUT2D eigenvalue weighted by molar-refractivity contribution is 7.88. The molecule has 0 bridgehead atoms. The molecule has 33 heavy (non-hydrogen) atoms. The molecule has 2 aromatic carbocycles. The van der Waals surface area contributed by atoms with Crippen LogP contribution < -0.4 is 14.8 Å². The first-order chi connectivity index (χ1) is 15.7. The number of carbonyl (C=O) groups excluding carboxylic acids is 1. The summed E-state index contributed by atoms with van der Waals surface area (Å²) >= 11 is 12.3. The molecule has 10 heteroatoms. The predicted octanol–water partition coefficient (Wildman–Crippen LogP) is 4.18. The fourth-order valence-corrected chi connectivity index (χ4v) is 6.40. The number of rotatable bonds is 6. The molecule has 0 spiro atoms. The number of hydrogen-bond acceptors (Lipinski definition) is 5. The standard InChI is InChI=1S/C23H26Cl2N2O5S/c1-15(17-5-6-21-22(13-17)32-12-11-31-21)26-23(28)16-7-9-27(10-8-16)33(29,30)14-18-19(24)3-2-4-20(18)25/h2-6,13,15-16H,7-12,14H2,1H3,(H,26,28). The van der Waals surface area contributed by atoms with Crippen molar-refractivity contribution in [3.05, 3.63) is 57.6 Å². The molecule has 2 aliphatic rings. The molecule has 0 aliphatic carbocycles.